The highest BCUT2D eigenvalue weighted by Gasteiger charge is 2.61. The normalized spacial score (nSPS) is 24.3. The number of nitrogens with zero attached hydrogens (tertiary/aromatic N) is 1. The van der Waals surface area contributed by atoms with E-state index in [1.807, 2.05) is 0 Å². The Labute approximate surface area is 320 Å². The van der Waals surface area contributed by atoms with E-state index in [0.717, 1.165) is 47.2 Å². The Hall–Kier alpha value is -5.66. The SMILES string of the molecule is C1=CCC=CC(c2ccccc2N(c2ccc(-c3ccc4c(c3)-c3ccccc3C43C4CC5CC(C4)CC3C5)cc2)c2cccc(-c3ccccc3)c2)=C1. The molecule has 0 N–H and O–H groups in total. The fraction of sp³-hybridized carbons (Fsp3) is 0.208. The molecular weight excluding hydrogens is 651 g/mol. The Kier molecular flexibility index (Phi) is 7.51. The topological polar surface area (TPSA) is 3.24 Å². The molecule has 0 aromatic heterocycles. The van der Waals surface area contributed by atoms with Gasteiger partial charge in [-0.15, -0.1) is 0 Å². The molecule has 4 bridgehead atoms. The van der Waals surface area contributed by atoms with Crippen LogP contribution in [0.15, 0.2) is 176 Å². The molecule has 12 rings (SSSR count). The van der Waals surface area contributed by atoms with Crippen molar-refractivity contribution in [1.82, 2.24) is 0 Å². The highest BCUT2D eigenvalue weighted by Crippen LogP contribution is 2.69. The van der Waals surface area contributed by atoms with Crippen LogP contribution in [0.2, 0.25) is 0 Å². The standard InChI is InChI=1S/C53H45N/c1-2-5-16-40(15-4-1)47-19-9-11-22-52(47)54(46-18-12-17-41(34-46)38-13-6-3-7-14-38)45-26-23-39(24-27-45)42-25-28-51-49(35-42)48-20-8-10-21-50(48)53(51)43-30-36-29-37(32-43)33-44(53)31-36/h1,3-28,34-37,43-44H,2,29-33H2. The average molecular weight is 696 g/mol. The van der Waals surface area contributed by atoms with E-state index in [1.54, 1.807) is 11.1 Å². The van der Waals surface area contributed by atoms with Crippen LogP contribution in [0.1, 0.15) is 55.2 Å². The van der Waals surface area contributed by atoms with Crippen LogP contribution in [0.3, 0.4) is 0 Å². The summed E-state index contributed by atoms with van der Waals surface area (Å²) in [6, 6.07) is 54.8. The highest BCUT2D eigenvalue weighted by molar-refractivity contribution is 5.91. The summed E-state index contributed by atoms with van der Waals surface area (Å²) in [5.41, 5.74) is 17.3. The van der Waals surface area contributed by atoms with Crippen molar-refractivity contribution in [2.24, 2.45) is 23.7 Å². The van der Waals surface area contributed by atoms with Crippen LogP contribution < -0.4 is 4.90 Å². The summed E-state index contributed by atoms with van der Waals surface area (Å²) in [7, 11) is 0. The lowest BCUT2D eigenvalue weighted by atomic mass is 9.43. The molecule has 0 atom stereocenters. The average Bonchev–Trinajstić information content (AvgIpc) is 3.32. The molecule has 0 heterocycles. The van der Waals surface area contributed by atoms with Gasteiger partial charge in [-0.2, -0.15) is 0 Å². The number of anilines is 3. The fourth-order valence-electron chi connectivity index (χ4n) is 11.7. The van der Waals surface area contributed by atoms with Gasteiger partial charge in [0.2, 0.25) is 0 Å². The Balaban J connectivity index is 1.01. The van der Waals surface area contributed by atoms with E-state index in [1.165, 1.54) is 76.6 Å². The highest BCUT2D eigenvalue weighted by atomic mass is 15.1. The lowest BCUT2D eigenvalue weighted by molar-refractivity contribution is -0.0399. The second kappa shape index (κ2) is 12.7. The monoisotopic (exact) mass is 695 g/mol. The Bertz CT molecular complexity index is 2450. The molecule has 0 aliphatic heterocycles. The predicted octanol–water partition coefficient (Wildman–Crippen LogP) is 14.1. The summed E-state index contributed by atoms with van der Waals surface area (Å²) < 4.78 is 0. The molecule has 54 heavy (non-hydrogen) atoms. The van der Waals surface area contributed by atoms with Gasteiger partial charge in [-0.3, -0.25) is 0 Å². The fourth-order valence-corrected chi connectivity index (χ4v) is 11.7. The quantitative estimate of drug-likeness (QED) is 0.168. The summed E-state index contributed by atoms with van der Waals surface area (Å²) in [5.74, 6) is 3.49. The van der Waals surface area contributed by atoms with Gasteiger partial charge < -0.3 is 4.90 Å². The second-order valence-electron chi connectivity index (χ2n) is 16.5. The van der Waals surface area contributed by atoms with Crippen LogP contribution in [0.5, 0.6) is 0 Å². The number of benzene rings is 6. The van der Waals surface area contributed by atoms with Gasteiger partial charge in [0, 0.05) is 22.4 Å². The maximum atomic E-state index is 2.54. The third kappa shape index (κ3) is 4.98. The first-order valence-electron chi connectivity index (χ1n) is 20.2. The summed E-state index contributed by atoms with van der Waals surface area (Å²) in [5, 5.41) is 0. The number of para-hydroxylation sites is 1. The van der Waals surface area contributed by atoms with Crippen LogP contribution in [0.4, 0.5) is 17.1 Å². The van der Waals surface area contributed by atoms with Crippen molar-refractivity contribution in [2.45, 2.75) is 43.9 Å². The van der Waals surface area contributed by atoms with Crippen LogP contribution in [-0.4, -0.2) is 0 Å². The summed E-state index contributed by atoms with van der Waals surface area (Å²) in [4.78, 5) is 2.43. The molecule has 4 saturated carbocycles. The molecule has 262 valence electrons. The van der Waals surface area contributed by atoms with Crippen molar-refractivity contribution in [3.63, 3.8) is 0 Å². The Morgan fingerprint density at radius 2 is 1.11 bits per heavy atom. The molecule has 1 spiro atoms. The molecule has 6 aromatic rings. The van der Waals surface area contributed by atoms with Crippen molar-refractivity contribution < 1.29 is 0 Å². The lowest BCUT2D eigenvalue weighted by Crippen LogP contribution is -2.55. The van der Waals surface area contributed by atoms with E-state index in [4.69, 9.17) is 0 Å². The minimum Gasteiger partial charge on any atom is -0.310 e. The zero-order chi connectivity index (χ0) is 35.6. The van der Waals surface area contributed by atoms with Gasteiger partial charge in [0.05, 0.1) is 5.69 Å². The molecule has 0 unspecified atom stereocenters. The zero-order valence-corrected chi connectivity index (χ0v) is 30.7. The summed E-state index contributed by atoms with van der Waals surface area (Å²) in [6.45, 7) is 0. The van der Waals surface area contributed by atoms with E-state index in [0.29, 0.717) is 0 Å². The molecule has 4 fully saturated rings. The van der Waals surface area contributed by atoms with Crippen molar-refractivity contribution >= 4 is 22.6 Å². The van der Waals surface area contributed by atoms with Gasteiger partial charge in [-0.25, -0.2) is 0 Å². The summed E-state index contributed by atoms with van der Waals surface area (Å²) >= 11 is 0. The minimum atomic E-state index is 0.210. The van der Waals surface area contributed by atoms with E-state index < -0.39 is 0 Å². The van der Waals surface area contributed by atoms with Crippen LogP contribution >= 0.6 is 0 Å². The summed E-state index contributed by atoms with van der Waals surface area (Å²) in [6.07, 6.45) is 19.3. The molecular formula is C53H45N. The first-order chi connectivity index (χ1) is 26.7. The number of fused-ring (bicyclic) bond motifs is 3. The number of hydrogen-bond acceptors (Lipinski definition) is 1. The van der Waals surface area contributed by atoms with Gasteiger partial charge in [0.25, 0.3) is 0 Å². The smallest absolute Gasteiger partial charge is 0.0540 e. The maximum Gasteiger partial charge on any atom is 0.0540 e. The van der Waals surface area contributed by atoms with Crippen molar-refractivity contribution in [3.05, 3.63) is 193 Å². The van der Waals surface area contributed by atoms with Crippen LogP contribution in [0.25, 0.3) is 39.0 Å². The minimum absolute atomic E-state index is 0.210. The molecule has 0 amide bonds. The molecule has 0 saturated heterocycles. The Morgan fingerprint density at radius 1 is 0.463 bits per heavy atom. The van der Waals surface area contributed by atoms with Crippen molar-refractivity contribution in [2.75, 3.05) is 4.90 Å². The van der Waals surface area contributed by atoms with Crippen LogP contribution in [0, 0.1) is 23.7 Å². The molecule has 6 aromatic carbocycles. The van der Waals surface area contributed by atoms with Gasteiger partial charge in [0.1, 0.15) is 0 Å². The predicted molar refractivity (Wildman–Crippen MR) is 226 cm³/mol. The molecule has 1 nitrogen and oxygen atoms in total. The third-order valence-electron chi connectivity index (χ3n) is 13.7. The van der Waals surface area contributed by atoms with Crippen molar-refractivity contribution in [1.29, 1.82) is 0 Å². The van der Waals surface area contributed by atoms with E-state index in [9.17, 15) is 0 Å². The molecule has 0 radical (unpaired) electrons. The number of hydrogen-bond donors (Lipinski definition) is 0. The number of rotatable bonds is 6. The second-order valence-corrected chi connectivity index (χ2v) is 16.5. The largest absolute Gasteiger partial charge is 0.310 e. The van der Waals surface area contributed by atoms with E-state index in [2.05, 4.69) is 181 Å². The first-order valence-corrected chi connectivity index (χ1v) is 20.2. The zero-order valence-electron chi connectivity index (χ0n) is 30.7. The van der Waals surface area contributed by atoms with E-state index in [-0.39, 0.29) is 5.41 Å². The maximum absolute atomic E-state index is 2.54. The van der Waals surface area contributed by atoms with Gasteiger partial charge in [-0.05, 0) is 149 Å². The van der Waals surface area contributed by atoms with Crippen molar-refractivity contribution in [3.8, 4) is 33.4 Å². The molecule has 6 aliphatic rings. The lowest BCUT2D eigenvalue weighted by Gasteiger charge is -2.61. The molecule has 6 aliphatic carbocycles. The van der Waals surface area contributed by atoms with Crippen LogP contribution in [-0.2, 0) is 5.41 Å². The van der Waals surface area contributed by atoms with Gasteiger partial charge >= 0.3 is 0 Å². The first kappa shape index (κ1) is 31.8. The van der Waals surface area contributed by atoms with E-state index >= 15 is 0 Å². The Morgan fingerprint density at radius 3 is 1.93 bits per heavy atom. The number of allylic oxidation sites excluding steroid dienone is 6. The van der Waals surface area contributed by atoms with Gasteiger partial charge in [-0.1, -0.05) is 140 Å². The van der Waals surface area contributed by atoms with Gasteiger partial charge in [0.15, 0.2) is 0 Å². The molecule has 1 heteroatoms. The third-order valence-corrected chi connectivity index (χ3v) is 13.7.